The highest BCUT2D eigenvalue weighted by Gasteiger charge is 2.25. The van der Waals surface area contributed by atoms with E-state index in [-0.39, 0.29) is 18.2 Å². The summed E-state index contributed by atoms with van der Waals surface area (Å²) in [6.07, 6.45) is 0. The van der Waals surface area contributed by atoms with Crippen molar-refractivity contribution in [3.8, 4) is 0 Å². The molecule has 0 saturated carbocycles. The molecule has 20 heavy (non-hydrogen) atoms. The van der Waals surface area contributed by atoms with Gasteiger partial charge in [0.25, 0.3) is 0 Å². The van der Waals surface area contributed by atoms with Crippen LogP contribution in [0.1, 0.15) is 13.8 Å². The van der Waals surface area contributed by atoms with Gasteiger partial charge in [-0.2, -0.15) is 0 Å². The van der Waals surface area contributed by atoms with E-state index in [4.69, 9.17) is 10.5 Å². The highest BCUT2D eigenvalue weighted by molar-refractivity contribution is 9.10. The van der Waals surface area contributed by atoms with Crippen molar-refractivity contribution in [2.45, 2.75) is 24.8 Å². The fourth-order valence-corrected chi connectivity index (χ4v) is 3.33. The average molecular weight is 369 g/mol. The van der Waals surface area contributed by atoms with Gasteiger partial charge in [0.15, 0.2) is 0 Å². The number of ether oxygens (including phenoxy) is 1. The molecule has 5 nitrogen and oxygen atoms in total. The third-order valence-electron chi connectivity index (χ3n) is 2.80. The lowest BCUT2D eigenvalue weighted by molar-refractivity contribution is 0.157. The molecular weight excluding hydrogens is 351 g/mol. The Morgan fingerprint density at radius 1 is 1.45 bits per heavy atom. The summed E-state index contributed by atoms with van der Waals surface area (Å²) in [7, 11) is -2.53. The van der Waals surface area contributed by atoms with E-state index in [1.165, 1.54) is 7.11 Å². The van der Waals surface area contributed by atoms with E-state index in [2.05, 4.69) is 20.7 Å². The van der Waals surface area contributed by atoms with Crippen molar-refractivity contribution in [1.82, 2.24) is 4.72 Å². The van der Waals surface area contributed by atoms with Crippen molar-refractivity contribution in [3.05, 3.63) is 22.4 Å². The smallest absolute Gasteiger partial charge is 0.243 e. The molecule has 0 radical (unpaired) electrons. The van der Waals surface area contributed by atoms with Crippen molar-refractivity contribution in [1.29, 1.82) is 0 Å². The summed E-state index contributed by atoms with van der Waals surface area (Å²) in [4.78, 5) is -0.472. The molecule has 0 aliphatic rings. The minimum absolute atomic E-state index is 0.000538. The van der Waals surface area contributed by atoms with Crippen LogP contribution in [-0.2, 0) is 14.8 Å². The number of methoxy groups -OCH3 is 1. The lowest BCUT2D eigenvalue weighted by Crippen LogP contribution is -2.41. The third-order valence-corrected chi connectivity index (χ3v) is 4.99. The molecule has 0 saturated heterocycles. The first-order valence-electron chi connectivity index (χ1n) is 5.94. The molecule has 114 valence electrons. The number of anilines is 1. The van der Waals surface area contributed by atoms with Gasteiger partial charge in [-0.25, -0.2) is 17.5 Å². The average Bonchev–Trinajstić information content (AvgIpc) is 2.32. The molecular formula is C12H18BrFN2O3S. The molecule has 0 aliphatic carbocycles. The van der Waals surface area contributed by atoms with Crippen LogP contribution in [-0.4, -0.2) is 28.2 Å². The zero-order chi connectivity index (χ0) is 15.5. The topological polar surface area (TPSA) is 81.4 Å². The highest BCUT2D eigenvalue weighted by Crippen LogP contribution is 2.26. The van der Waals surface area contributed by atoms with Crippen molar-refractivity contribution < 1.29 is 17.5 Å². The quantitative estimate of drug-likeness (QED) is 0.753. The van der Waals surface area contributed by atoms with Crippen LogP contribution < -0.4 is 10.5 Å². The van der Waals surface area contributed by atoms with Gasteiger partial charge in [0, 0.05) is 23.3 Å². The Labute approximate surface area is 126 Å². The molecule has 0 amide bonds. The van der Waals surface area contributed by atoms with Crippen LogP contribution in [0.25, 0.3) is 0 Å². The number of nitrogen functional groups attached to an aromatic ring is 1. The van der Waals surface area contributed by atoms with Crippen molar-refractivity contribution >= 4 is 31.6 Å². The number of halogens is 2. The molecule has 3 N–H and O–H groups in total. The lowest BCUT2D eigenvalue weighted by Gasteiger charge is -2.21. The fraction of sp³-hybridized carbons (Fsp3) is 0.500. The van der Waals surface area contributed by atoms with Crippen LogP contribution in [0, 0.1) is 11.7 Å². The maximum Gasteiger partial charge on any atom is 0.243 e. The van der Waals surface area contributed by atoms with Gasteiger partial charge >= 0.3 is 0 Å². The Balaban J connectivity index is 3.13. The van der Waals surface area contributed by atoms with Crippen LogP contribution in [0.15, 0.2) is 21.5 Å². The van der Waals surface area contributed by atoms with Crippen LogP contribution in [0.3, 0.4) is 0 Å². The fourth-order valence-electron chi connectivity index (χ4n) is 1.56. The van der Waals surface area contributed by atoms with E-state index in [1.54, 1.807) is 0 Å². The van der Waals surface area contributed by atoms with Gasteiger partial charge in [0.2, 0.25) is 10.0 Å². The van der Waals surface area contributed by atoms with Crippen LogP contribution in [0.2, 0.25) is 0 Å². The molecule has 0 spiro atoms. The van der Waals surface area contributed by atoms with Gasteiger partial charge in [-0.3, -0.25) is 0 Å². The Morgan fingerprint density at radius 3 is 2.55 bits per heavy atom. The molecule has 1 aromatic rings. The molecule has 0 bridgehead atoms. The van der Waals surface area contributed by atoms with E-state index in [1.807, 2.05) is 13.8 Å². The number of rotatable bonds is 6. The number of benzene rings is 1. The predicted octanol–water partition coefficient (Wildman–Crippen LogP) is 2.12. The molecule has 0 heterocycles. The molecule has 1 atom stereocenters. The minimum atomic E-state index is -4.00. The molecule has 1 unspecified atom stereocenters. The number of nitrogens with one attached hydrogen (secondary N) is 1. The van der Waals surface area contributed by atoms with Gasteiger partial charge in [0.1, 0.15) is 10.7 Å². The Kier molecular flexibility index (Phi) is 5.93. The van der Waals surface area contributed by atoms with Gasteiger partial charge < -0.3 is 10.5 Å². The molecule has 0 fully saturated rings. The first-order chi connectivity index (χ1) is 9.19. The maximum absolute atomic E-state index is 13.8. The second-order valence-electron chi connectivity index (χ2n) is 4.73. The third kappa shape index (κ3) is 4.15. The van der Waals surface area contributed by atoms with Gasteiger partial charge in [0.05, 0.1) is 6.61 Å². The highest BCUT2D eigenvalue weighted by atomic mass is 79.9. The van der Waals surface area contributed by atoms with E-state index in [9.17, 15) is 12.8 Å². The van der Waals surface area contributed by atoms with Gasteiger partial charge in [-0.15, -0.1) is 0 Å². The standard InChI is InChI=1S/C12H18BrFN2O3S/c1-7(2)11(6-19-3)16-20(17,18)12-5-10(15)8(13)4-9(12)14/h4-5,7,11,16H,6,15H2,1-3H3. The van der Waals surface area contributed by atoms with E-state index in [0.717, 1.165) is 12.1 Å². The van der Waals surface area contributed by atoms with Gasteiger partial charge in [-0.05, 0) is 34.0 Å². The summed E-state index contributed by atoms with van der Waals surface area (Å²) in [5, 5.41) is 0. The predicted molar refractivity (Wildman–Crippen MR) is 79.3 cm³/mol. The summed E-state index contributed by atoms with van der Waals surface area (Å²) in [6, 6.07) is 1.67. The molecule has 1 rings (SSSR count). The number of sulfonamides is 1. The number of hydrogen-bond acceptors (Lipinski definition) is 4. The Bertz CT molecular complexity index is 578. The largest absolute Gasteiger partial charge is 0.398 e. The van der Waals surface area contributed by atoms with Crippen LogP contribution in [0.5, 0.6) is 0 Å². The summed E-state index contributed by atoms with van der Waals surface area (Å²) < 4.78 is 46.0. The molecule has 8 heteroatoms. The first-order valence-corrected chi connectivity index (χ1v) is 8.22. The number of nitrogens with two attached hydrogens (primary N) is 1. The normalized spacial score (nSPS) is 13.7. The van der Waals surface area contributed by atoms with E-state index < -0.39 is 26.8 Å². The summed E-state index contributed by atoms with van der Waals surface area (Å²) in [5.41, 5.74) is 5.76. The van der Waals surface area contributed by atoms with Crippen molar-refractivity contribution in [3.63, 3.8) is 0 Å². The van der Waals surface area contributed by atoms with Gasteiger partial charge in [-0.1, -0.05) is 13.8 Å². The zero-order valence-corrected chi connectivity index (χ0v) is 13.9. The van der Waals surface area contributed by atoms with Crippen LogP contribution in [0.4, 0.5) is 10.1 Å². The minimum Gasteiger partial charge on any atom is -0.398 e. The second kappa shape index (κ2) is 6.84. The van der Waals surface area contributed by atoms with Crippen molar-refractivity contribution in [2.75, 3.05) is 19.5 Å². The SMILES string of the molecule is COCC(NS(=O)(=O)c1cc(N)c(Br)cc1F)C(C)C. The summed E-state index contributed by atoms with van der Waals surface area (Å²) in [6.45, 7) is 3.89. The lowest BCUT2D eigenvalue weighted by atomic mass is 10.1. The zero-order valence-electron chi connectivity index (χ0n) is 11.5. The second-order valence-corrected chi connectivity index (χ2v) is 7.27. The summed E-state index contributed by atoms with van der Waals surface area (Å²) in [5.74, 6) is -0.862. The van der Waals surface area contributed by atoms with Crippen LogP contribution >= 0.6 is 15.9 Å². The Hall–Kier alpha value is -0.700. The molecule has 1 aromatic carbocycles. The maximum atomic E-state index is 13.8. The summed E-state index contributed by atoms with van der Waals surface area (Å²) >= 11 is 3.05. The first kappa shape index (κ1) is 17.4. The van der Waals surface area contributed by atoms with E-state index >= 15 is 0 Å². The molecule has 0 aromatic heterocycles. The van der Waals surface area contributed by atoms with Crippen molar-refractivity contribution in [2.24, 2.45) is 5.92 Å². The monoisotopic (exact) mass is 368 g/mol. The van der Waals surface area contributed by atoms with E-state index in [0.29, 0.717) is 4.47 Å². The Morgan fingerprint density at radius 2 is 2.05 bits per heavy atom. The molecule has 0 aliphatic heterocycles. The number of hydrogen-bond donors (Lipinski definition) is 2.